The molecule has 1 aliphatic carbocycles. The summed E-state index contributed by atoms with van der Waals surface area (Å²) in [6.07, 6.45) is 6.32. The first-order valence-corrected chi connectivity index (χ1v) is 9.28. The summed E-state index contributed by atoms with van der Waals surface area (Å²) in [5.74, 6) is 1.71. The fourth-order valence-corrected chi connectivity index (χ4v) is 4.50. The van der Waals surface area contributed by atoms with Crippen molar-refractivity contribution in [3.05, 3.63) is 35.9 Å². The zero-order valence-electron chi connectivity index (χ0n) is 14.3. The average molecular weight is 314 g/mol. The molecule has 1 saturated carbocycles. The van der Waals surface area contributed by atoms with E-state index < -0.39 is 0 Å². The Labute approximate surface area is 140 Å². The zero-order valence-corrected chi connectivity index (χ0v) is 14.3. The third-order valence-corrected chi connectivity index (χ3v) is 5.86. The van der Waals surface area contributed by atoms with Crippen LogP contribution in [0.25, 0.3) is 0 Å². The largest absolute Gasteiger partial charge is 0.342 e. The summed E-state index contributed by atoms with van der Waals surface area (Å²) < 4.78 is 0. The molecule has 0 aromatic heterocycles. The van der Waals surface area contributed by atoms with Crippen LogP contribution in [-0.2, 0) is 4.79 Å². The van der Waals surface area contributed by atoms with Crippen molar-refractivity contribution in [2.45, 2.75) is 57.4 Å². The molecule has 1 aromatic rings. The molecule has 3 heteroatoms. The van der Waals surface area contributed by atoms with Gasteiger partial charge in [0.15, 0.2) is 0 Å². The lowest BCUT2D eigenvalue weighted by atomic mass is 9.78. The summed E-state index contributed by atoms with van der Waals surface area (Å²) >= 11 is 0. The molecule has 2 fully saturated rings. The van der Waals surface area contributed by atoms with Crippen molar-refractivity contribution in [2.24, 2.45) is 17.6 Å². The third-order valence-electron chi connectivity index (χ3n) is 5.86. The molecule has 23 heavy (non-hydrogen) atoms. The maximum atomic E-state index is 12.9. The number of hydrogen-bond acceptors (Lipinski definition) is 2. The van der Waals surface area contributed by atoms with E-state index in [1.165, 1.54) is 5.56 Å². The smallest absolute Gasteiger partial charge is 0.225 e. The number of benzene rings is 1. The normalized spacial score (nSPS) is 31.8. The molecule has 4 atom stereocenters. The number of nitrogens with two attached hydrogens (primary N) is 1. The Hall–Kier alpha value is -1.35. The van der Waals surface area contributed by atoms with Gasteiger partial charge in [-0.2, -0.15) is 0 Å². The van der Waals surface area contributed by atoms with Gasteiger partial charge in [-0.1, -0.05) is 50.1 Å². The minimum atomic E-state index is 0.171. The van der Waals surface area contributed by atoms with Crippen molar-refractivity contribution in [1.29, 1.82) is 0 Å². The average Bonchev–Trinajstić information content (AvgIpc) is 2.61. The van der Waals surface area contributed by atoms with E-state index in [-0.39, 0.29) is 12.0 Å². The topological polar surface area (TPSA) is 46.3 Å². The lowest BCUT2D eigenvalue weighted by molar-refractivity contribution is -0.139. The third kappa shape index (κ3) is 3.77. The molecule has 0 bridgehead atoms. The Morgan fingerprint density at radius 2 is 2.00 bits per heavy atom. The van der Waals surface area contributed by atoms with Crippen molar-refractivity contribution < 1.29 is 4.79 Å². The van der Waals surface area contributed by atoms with E-state index in [9.17, 15) is 4.79 Å². The van der Waals surface area contributed by atoms with Crippen molar-refractivity contribution in [1.82, 2.24) is 4.90 Å². The lowest BCUT2D eigenvalue weighted by Gasteiger charge is -2.41. The maximum Gasteiger partial charge on any atom is 0.225 e. The predicted octanol–water partition coefficient (Wildman–Crippen LogP) is 3.55. The fourth-order valence-electron chi connectivity index (χ4n) is 4.50. The van der Waals surface area contributed by atoms with Crippen LogP contribution in [0.15, 0.2) is 30.3 Å². The molecule has 4 unspecified atom stereocenters. The molecule has 0 spiro atoms. The minimum absolute atomic E-state index is 0.171. The number of hydrogen-bond donors (Lipinski definition) is 1. The van der Waals surface area contributed by atoms with Crippen LogP contribution in [0, 0.1) is 11.8 Å². The fraction of sp³-hybridized carbons (Fsp3) is 0.650. The highest BCUT2D eigenvalue weighted by atomic mass is 16.2. The Morgan fingerprint density at radius 1 is 1.22 bits per heavy atom. The molecule has 1 amide bonds. The van der Waals surface area contributed by atoms with E-state index >= 15 is 0 Å². The molecule has 1 aliphatic heterocycles. The van der Waals surface area contributed by atoms with Crippen molar-refractivity contribution in [3.8, 4) is 0 Å². The monoisotopic (exact) mass is 314 g/mol. The Balaban J connectivity index is 1.65. The Morgan fingerprint density at radius 3 is 2.70 bits per heavy atom. The first-order chi connectivity index (χ1) is 11.2. The number of amides is 1. The second kappa shape index (κ2) is 7.48. The van der Waals surface area contributed by atoms with Gasteiger partial charge in [-0.15, -0.1) is 0 Å². The standard InChI is InChI=1S/C20H30N2O/c1-2-15-14-22(20(23)17-9-6-10-18(21)13-17)12-11-19(15)16-7-4-3-5-8-16/h3-5,7-8,15,17-19H,2,6,9-14,21H2,1H3. The highest BCUT2D eigenvalue weighted by Crippen LogP contribution is 2.36. The Kier molecular flexibility index (Phi) is 5.37. The van der Waals surface area contributed by atoms with Crippen LogP contribution in [0.1, 0.15) is 56.9 Å². The Bertz CT molecular complexity index is 516. The predicted molar refractivity (Wildman–Crippen MR) is 94.1 cm³/mol. The van der Waals surface area contributed by atoms with Crippen molar-refractivity contribution in [2.75, 3.05) is 13.1 Å². The summed E-state index contributed by atoms with van der Waals surface area (Å²) in [5.41, 5.74) is 7.51. The van der Waals surface area contributed by atoms with E-state index in [1.54, 1.807) is 0 Å². The summed E-state index contributed by atoms with van der Waals surface area (Å²) in [4.78, 5) is 15.0. The van der Waals surface area contributed by atoms with Crippen LogP contribution in [0.3, 0.4) is 0 Å². The molecule has 126 valence electrons. The molecular weight excluding hydrogens is 284 g/mol. The maximum absolute atomic E-state index is 12.9. The van der Waals surface area contributed by atoms with Gasteiger partial charge in [-0.25, -0.2) is 0 Å². The summed E-state index contributed by atoms with van der Waals surface area (Å²) in [6.45, 7) is 4.08. The van der Waals surface area contributed by atoms with Gasteiger partial charge < -0.3 is 10.6 Å². The molecule has 3 rings (SSSR count). The summed E-state index contributed by atoms with van der Waals surface area (Å²) in [5, 5.41) is 0. The van der Waals surface area contributed by atoms with Gasteiger partial charge in [0.2, 0.25) is 5.91 Å². The van der Waals surface area contributed by atoms with Gasteiger partial charge in [-0.05, 0) is 43.1 Å². The van der Waals surface area contributed by atoms with E-state index in [2.05, 4.69) is 42.2 Å². The van der Waals surface area contributed by atoms with Crippen LogP contribution in [-0.4, -0.2) is 29.9 Å². The highest BCUT2D eigenvalue weighted by Gasteiger charge is 2.35. The van der Waals surface area contributed by atoms with Gasteiger partial charge >= 0.3 is 0 Å². The molecule has 0 radical (unpaired) electrons. The molecule has 2 N–H and O–H groups in total. The first-order valence-electron chi connectivity index (χ1n) is 9.28. The van der Waals surface area contributed by atoms with Crippen LogP contribution >= 0.6 is 0 Å². The molecule has 2 aliphatic rings. The minimum Gasteiger partial charge on any atom is -0.342 e. The number of carbonyl (C=O) groups excluding carboxylic acids is 1. The number of carbonyl (C=O) groups is 1. The number of nitrogens with zero attached hydrogens (tertiary/aromatic N) is 1. The van der Waals surface area contributed by atoms with E-state index in [0.717, 1.165) is 51.6 Å². The van der Waals surface area contributed by atoms with E-state index in [1.807, 2.05) is 0 Å². The van der Waals surface area contributed by atoms with Gasteiger partial charge in [0.1, 0.15) is 0 Å². The number of likely N-dealkylation sites (tertiary alicyclic amines) is 1. The quantitative estimate of drug-likeness (QED) is 0.927. The number of rotatable bonds is 3. The lowest BCUT2D eigenvalue weighted by Crippen LogP contribution is -2.47. The van der Waals surface area contributed by atoms with Crippen molar-refractivity contribution in [3.63, 3.8) is 0 Å². The zero-order chi connectivity index (χ0) is 16.2. The second-order valence-corrected chi connectivity index (χ2v) is 7.38. The van der Waals surface area contributed by atoms with E-state index in [4.69, 9.17) is 5.73 Å². The summed E-state index contributed by atoms with van der Waals surface area (Å²) in [6, 6.07) is 11.0. The van der Waals surface area contributed by atoms with Gasteiger partial charge in [0.05, 0.1) is 0 Å². The SMILES string of the molecule is CCC1CN(C(=O)C2CCCC(N)C2)CCC1c1ccccc1. The van der Waals surface area contributed by atoms with Crippen LogP contribution in [0.5, 0.6) is 0 Å². The highest BCUT2D eigenvalue weighted by molar-refractivity contribution is 5.79. The van der Waals surface area contributed by atoms with Crippen LogP contribution in [0.4, 0.5) is 0 Å². The van der Waals surface area contributed by atoms with Crippen LogP contribution in [0.2, 0.25) is 0 Å². The van der Waals surface area contributed by atoms with Gasteiger partial charge in [0, 0.05) is 25.0 Å². The summed E-state index contributed by atoms with van der Waals surface area (Å²) in [7, 11) is 0. The molecule has 1 aromatic carbocycles. The first kappa shape index (κ1) is 16.5. The van der Waals surface area contributed by atoms with Gasteiger partial charge in [0.25, 0.3) is 0 Å². The number of piperidine rings is 1. The molecular formula is C20H30N2O. The van der Waals surface area contributed by atoms with Gasteiger partial charge in [-0.3, -0.25) is 4.79 Å². The molecule has 1 saturated heterocycles. The molecule has 1 heterocycles. The molecule has 3 nitrogen and oxygen atoms in total. The van der Waals surface area contributed by atoms with Crippen LogP contribution < -0.4 is 5.73 Å². The second-order valence-electron chi connectivity index (χ2n) is 7.38. The van der Waals surface area contributed by atoms with Crippen molar-refractivity contribution >= 4 is 5.91 Å². The van der Waals surface area contributed by atoms with E-state index in [0.29, 0.717) is 17.7 Å².